The van der Waals surface area contributed by atoms with Gasteiger partial charge >= 0.3 is 0 Å². The minimum atomic E-state index is -0.812. The van der Waals surface area contributed by atoms with Gasteiger partial charge in [0.2, 0.25) is 6.23 Å². The summed E-state index contributed by atoms with van der Waals surface area (Å²) in [5, 5.41) is 30.1. The number of amides is 1. The van der Waals surface area contributed by atoms with E-state index in [1.165, 1.54) is 5.56 Å². The average molecular weight is 471 g/mol. The molecule has 0 radical (unpaired) electrons. The van der Waals surface area contributed by atoms with E-state index in [9.17, 15) is 15.3 Å². The number of likely N-dealkylation sites (tertiary alicyclic amines) is 1. The number of carbonyl (C=O) groups is 1. The lowest BCUT2D eigenvalue weighted by Crippen LogP contribution is -2.50. The van der Waals surface area contributed by atoms with Crippen LogP contribution >= 0.6 is 0 Å². The van der Waals surface area contributed by atoms with E-state index in [1.54, 1.807) is 28.2 Å². The molecule has 10 heteroatoms. The second-order valence-electron chi connectivity index (χ2n) is 9.76. The van der Waals surface area contributed by atoms with Gasteiger partial charge in [0.15, 0.2) is 6.19 Å². The van der Waals surface area contributed by atoms with Gasteiger partial charge in [0.1, 0.15) is 5.76 Å². The molecule has 3 fully saturated rings. The third-order valence-corrected chi connectivity index (χ3v) is 7.28. The molecule has 10 nitrogen and oxygen atoms in total. The molecular weight excluding hydrogens is 444 g/mol. The Kier molecular flexibility index (Phi) is 5.29. The largest absolute Gasteiger partial charge is 0.459 e. The molecule has 2 saturated carbocycles. The highest BCUT2D eigenvalue weighted by Crippen LogP contribution is 2.44. The van der Waals surface area contributed by atoms with E-state index in [1.807, 2.05) is 23.1 Å². The maximum absolute atomic E-state index is 13.7. The Bertz CT molecular complexity index is 1240. The molecule has 3 atom stereocenters. The van der Waals surface area contributed by atoms with Crippen LogP contribution in [0.25, 0.3) is 5.76 Å². The summed E-state index contributed by atoms with van der Waals surface area (Å²) in [6, 6.07) is 7.97. The Morgan fingerprint density at radius 1 is 1.23 bits per heavy atom. The molecule has 2 aliphatic heterocycles. The number of hydrogen-bond donors (Lipinski definition) is 1. The molecule has 1 amide bonds. The Morgan fingerprint density at radius 3 is 2.77 bits per heavy atom. The maximum atomic E-state index is 13.7. The van der Waals surface area contributed by atoms with E-state index in [0.29, 0.717) is 36.8 Å². The summed E-state index contributed by atoms with van der Waals surface area (Å²) in [7, 11) is 0. The average Bonchev–Trinajstić information content (AvgIpc) is 3.74. The lowest BCUT2D eigenvalue weighted by molar-refractivity contribution is -0.143. The fraction of sp³-hybridized carbons (Fsp3) is 0.480. The molecule has 35 heavy (non-hydrogen) atoms. The van der Waals surface area contributed by atoms with Crippen molar-refractivity contribution in [2.24, 2.45) is 0 Å². The fourth-order valence-corrected chi connectivity index (χ4v) is 5.28. The van der Waals surface area contributed by atoms with Crippen molar-refractivity contribution in [2.45, 2.75) is 68.9 Å². The number of aromatic nitrogens is 3. The minimum absolute atomic E-state index is 0.0401. The first-order valence-corrected chi connectivity index (χ1v) is 12.1. The molecule has 178 valence electrons. The SMILES string of the molecule is N#Cc1ccc(C2CC2)c(C2=CNC(C(=O)N(C3CC3)[C@@H]3C[C@@H](Cn4ccnn4)N(C#N)C3)O2)c1. The van der Waals surface area contributed by atoms with E-state index < -0.39 is 6.23 Å². The molecule has 6 rings (SSSR count). The number of nitriles is 2. The van der Waals surface area contributed by atoms with Crippen molar-refractivity contribution in [3.8, 4) is 12.3 Å². The zero-order chi connectivity index (χ0) is 23.9. The van der Waals surface area contributed by atoms with Crippen molar-refractivity contribution in [2.75, 3.05) is 6.54 Å². The van der Waals surface area contributed by atoms with E-state index >= 15 is 0 Å². The summed E-state index contributed by atoms with van der Waals surface area (Å²) in [6.45, 7) is 1.06. The van der Waals surface area contributed by atoms with Gasteiger partial charge in [-0.15, -0.1) is 5.10 Å². The highest BCUT2D eigenvalue weighted by molar-refractivity contribution is 5.84. The van der Waals surface area contributed by atoms with Crippen LogP contribution < -0.4 is 5.32 Å². The topological polar surface area (TPSA) is 123 Å². The number of rotatable bonds is 7. The number of nitrogens with one attached hydrogen (secondary N) is 1. The van der Waals surface area contributed by atoms with Gasteiger partial charge in [-0.25, -0.2) is 0 Å². The predicted octanol–water partition coefficient (Wildman–Crippen LogP) is 1.89. The quantitative estimate of drug-likeness (QED) is 0.609. The molecular formula is C25H26N8O2. The van der Waals surface area contributed by atoms with Gasteiger partial charge in [0.05, 0.1) is 36.5 Å². The van der Waals surface area contributed by atoms with Crippen LogP contribution in [0.5, 0.6) is 0 Å². The third-order valence-electron chi connectivity index (χ3n) is 7.28. The third kappa shape index (κ3) is 4.17. The van der Waals surface area contributed by atoms with Gasteiger partial charge in [0, 0.05) is 30.5 Å². The molecule has 4 aliphatic rings. The second kappa shape index (κ2) is 8.62. The number of benzene rings is 1. The molecule has 2 aliphatic carbocycles. The van der Waals surface area contributed by atoms with Crippen LogP contribution in [0.4, 0.5) is 0 Å². The molecule has 1 aromatic heterocycles. The van der Waals surface area contributed by atoms with Crippen molar-refractivity contribution in [1.82, 2.24) is 30.1 Å². The standard InChI is InChI=1S/C25H26N8O2/c26-11-16-1-6-21(17-2-3-17)22(9-16)23-12-28-24(35-23)25(34)33(18-4-5-18)20-10-19(31(13-20)15-27)14-32-8-7-29-30-32/h1,6-9,12,17-20,24,28H,2-5,10,13-14H2/t19-,20+,24?/m0/s1. The van der Waals surface area contributed by atoms with E-state index in [-0.39, 0.29) is 24.0 Å². The van der Waals surface area contributed by atoms with Crippen LogP contribution in [0.1, 0.15) is 54.7 Å². The highest BCUT2D eigenvalue weighted by atomic mass is 16.5. The van der Waals surface area contributed by atoms with E-state index in [4.69, 9.17) is 4.74 Å². The summed E-state index contributed by atoms with van der Waals surface area (Å²) < 4.78 is 7.89. The first-order chi connectivity index (χ1) is 17.1. The molecule has 1 unspecified atom stereocenters. The van der Waals surface area contributed by atoms with Crippen molar-refractivity contribution in [3.63, 3.8) is 0 Å². The summed E-state index contributed by atoms with van der Waals surface area (Å²) in [6.07, 6.45) is 11.5. The Hall–Kier alpha value is -4.05. The van der Waals surface area contributed by atoms with E-state index in [0.717, 1.165) is 31.2 Å². The minimum Gasteiger partial charge on any atom is -0.459 e. The maximum Gasteiger partial charge on any atom is 0.285 e. The van der Waals surface area contributed by atoms with Crippen molar-refractivity contribution >= 4 is 11.7 Å². The zero-order valence-corrected chi connectivity index (χ0v) is 19.2. The first kappa shape index (κ1) is 21.5. The molecule has 1 saturated heterocycles. The monoisotopic (exact) mass is 470 g/mol. The molecule has 3 heterocycles. The Balaban J connectivity index is 1.18. The molecule has 0 spiro atoms. The van der Waals surface area contributed by atoms with Gasteiger partial charge in [-0.05, 0) is 55.7 Å². The Labute approximate surface area is 203 Å². The van der Waals surface area contributed by atoms with Gasteiger partial charge in [0.25, 0.3) is 5.91 Å². The van der Waals surface area contributed by atoms with Gasteiger partial charge in [-0.2, -0.15) is 10.5 Å². The fourth-order valence-electron chi connectivity index (χ4n) is 5.28. The molecule has 1 N–H and O–H groups in total. The van der Waals surface area contributed by atoms with Crippen molar-refractivity contribution < 1.29 is 9.53 Å². The lowest BCUT2D eigenvalue weighted by Gasteiger charge is -2.31. The normalized spacial score (nSPS) is 25.3. The molecule has 1 aromatic carbocycles. The second-order valence-corrected chi connectivity index (χ2v) is 9.76. The van der Waals surface area contributed by atoms with Gasteiger partial charge < -0.3 is 19.9 Å². The molecule has 0 bridgehead atoms. The van der Waals surface area contributed by atoms with Crippen LogP contribution in [0.15, 0.2) is 36.8 Å². The van der Waals surface area contributed by atoms with Crippen molar-refractivity contribution in [1.29, 1.82) is 10.5 Å². The summed E-state index contributed by atoms with van der Waals surface area (Å²) in [4.78, 5) is 17.4. The van der Waals surface area contributed by atoms with Crippen molar-refractivity contribution in [3.05, 3.63) is 53.5 Å². The van der Waals surface area contributed by atoms with Gasteiger partial charge in [-0.3, -0.25) is 9.48 Å². The summed E-state index contributed by atoms with van der Waals surface area (Å²) >= 11 is 0. The van der Waals surface area contributed by atoms with Crippen LogP contribution in [0.3, 0.4) is 0 Å². The summed E-state index contributed by atoms with van der Waals surface area (Å²) in [5.41, 5.74) is 2.63. The summed E-state index contributed by atoms with van der Waals surface area (Å²) in [5.74, 6) is 0.983. The lowest BCUT2D eigenvalue weighted by atomic mass is 9.99. The number of carbonyl (C=O) groups excluding carboxylic acids is 1. The van der Waals surface area contributed by atoms with E-state index in [2.05, 4.69) is 27.9 Å². The predicted molar refractivity (Wildman–Crippen MR) is 124 cm³/mol. The Morgan fingerprint density at radius 2 is 2.09 bits per heavy atom. The van der Waals surface area contributed by atoms with Crippen LogP contribution in [-0.2, 0) is 16.1 Å². The first-order valence-electron chi connectivity index (χ1n) is 12.1. The smallest absolute Gasteiger partial charge is 0.285 e. The van der Waals surface area contributed by atoms with Gasteiger partial charge in [-0.1, -0.05) is 11.3 Å². The van der Waals surface area contributed by atoms with Crippen LogP contribution in [0, 0.1) is 22.8 Å². The number of nitrogens with zero attached hydrogens (tertiary/aromatic N) is 7. The highest BCUT2D eigenvalue weighted by Gasteiger charge is 2.46. The van der Waals surface area contributed by atoms with Crippen LogP contribution in [-0.4, -0.2) is 61.6 Å². The van der Waals surface area contributed by atoms with Crippen LogP contribution in [0.2, 0.25) is 0 Å². The zero-order valence-electron chi connectivity index (χ0n) is 19.2. The number of hydrogen-bond acceptors (Lipinski definition) is 8. The number of ether oxygens (including phenoxy) is 1. The molecule has 2 aromatic rings.